The molecule has 0 saturated heterocycles. The lowest BCUT2D eigenvalue weighted by molar-refractivity contribution is -0.114. The molecule has 3 rings (SSSR count). The first-order valence-electron chi connectivity index (χ1n) is 8.10. The first kappa shape index (κ1) is 16.0. The number of anilines is 2. The lowest BCUT2D eigenvalue weighted by Gasteiger charge is -2.20. The smallest absolute Gasteiger partial charge is 0.221 e. The number of benzene rings is 2. The second-order valence-electron chi connectivity index (χ2n) is 5.56. The van der Waals surface area contributed by atoms with Crippen LogP contribution in [-0.4, -0.2) is 34.0 Å². The third kappa shape index (κ3) is 3.22. The van der Waals surface area contributed by atoms with E-state index in [1.807, 2.05) is 30.3 Å². The Morgan fingerprint density at radius 2 is 1.71 bits per heavy atom. The van der Waals surface area contributed by atoms with Crippen LogP contribution in [-0.2, 0) is 4.79 Å². The number of aromatic nitrogens is 3. The number of hydrogen-bond acceptors (Lipinski definition) is 4. The first-order chi connectivity index (χ1) is 11.6. The molecule has 6 heteroatoms. The lowest BCUT2D eigenvalue weighted by Crippen LogP contribution is -2.21. The SMILES string of the molecule is CCN(CC)c1ccc(-n2nc3ccc(NC(C)=O)cc3n2)cc1. The molecule has 0 aliphatic heterocycles. The van der Waals surface area contributed by atoms with Crippen LogP contribution in [0.5, 0.6) is 0 Å². The fourth-order valence-corrected chi connectivity index (χ4v) is 2.70. The Balaban J connectivity index is 1.90. The van der Waals surface area contributed by atoms with E-state index in [0.717, 1.165) is 35.5 Å². The number of hydrogen-bond donors (Lipinski definition) is 1. The molecule has 0 fully saturated rings. The second kappa shape index (κ2) is 6.70. The molecule has 1 aromatic heterocycles. The maximum atomic E-state index is 11.2. The monoisotopic (exact) mass is 323 g/mol. The largest absolute Gasteiger partial charge is 0.372 e. The summed E-state index contributed by atoms with van der Waals surface area (Å²) in [5.74, 6) is -0.103. The summed E-state index contributed by atoms with van der Waals surface area (Å²) in [7, 11) is 0. The van der Waals surface area contributed by atoms with Gasteiger partial charge in [0.25, 0.3) is 0 Å². The molecule has 6 nitrogen and oxygen atoms in total. The summed E-state index contributed by atoms with van der Waals surface area (Å²) >= 11 is 0. The molecule has 24 heavy (non-hydrogen) atoms. The predicted octanol–water partition coefficient (Wildman–Crippen LogP) is 3.23. The molecule has 0 radical (unpaired) electrons. The summed E-state index contributed by atoms with van der Waals surface area (Å²) in [4.78, 5) is 15.1. The zero-order valence-corrected chi connectivity index (χ0v) is 14.2. The van der Waals surface area contributed by atoms with Crippen LogP contribution < -0.4 is 10.2 Å². The molecule has 0 saturated carbocycles. The van der Waals surface area contributed by atoms with Gasteiger partial charge in [0.05, 0.1) is 5.69 Å². The van der Waals surface area contributed by atoms with Gasteiger partial charge in [-0.15, -0.1) is 10.2 Å². The van der Waals surface area contributed by atoms with Crippen molar-refractivity contribution in [2.45, 2.75) is 20.8 Å². The van der Waals surface area contributed by atoms with Crippen molar-refractivity contribution in [3.05, 3.63) is 42.5 Å². The molecule has 2 aromatic carbocycles. The lowest BCUT2D eigenvalue weighted by atomic mass is 10.2. The molecule has 0 aliphatic rings. The van der Waals surface area contributed by atoms with E-state index in [1.165, 1.54) is 12.6 Å². The van der Waals surface area contributed by atoms with Gasteiger partial charge in [0.15, 0.2) is 0 Å². The Morgan fingerprint density at radius 3 is 2.33 bits per heavy atom. The second-order valence-corrected chi connectivity index (χ2v) is 5.56. The summed E-state index contributed by atoms with van der Waals surface area (Å²) in [5, 5.41) is 11.8. The Kier molecular flexibility index (Phi) is 4.46. The van der Waals surface area contributed by atoms with Crippen LogP contribution in [0.25, 0.3) is 16.7 Å². The van der Waals surface area contributed by atoms with Crippen molar-refractivity contribution >= 4 is 28.3 Å². The molecule has 1 N–H and O–H groups in total. The number of carbonyl (C=O) groups excluding carboxylic acids is 1. The molecule has 1 heterocycles. The Labute approximate surface area is 141 Å². The van der Waals surface area contributed by atoms with Gasteiger partial charge in [-0.05, 0) is 56.3 Å². The zero-order valence-electron chi connectivity index (χ0n) is 14.2. The van der Waals surface area contributed by atoms with Crippen LogP contribution >= 0.6 is 0 Å². The van der Waals surface area contributed by atoms with Crippen molar-refractivity contribution in [3.8, 4) is 5.69 Å². The number of nitrogens with zero attached hydrogens (tertiary/aromatic N) is 4. The van der Waals surface area contributed by atoms with Crippen molar-refractivity contribution in [1.82, 2.24) is 15.0 Å². The summed E-state index contributed by atoms with van der Waals surface area (Å²) in [5.41, 5.74) is 4.35. The maximum Gasteiger partial charge on any atom is 0.221 e. The highest BCUT2D eigenvalue weighted by atomic mass is 16.1. The van der Waals surface area contributed by atoms with Crippen LogP contribution in [0.3, 0.4) is 0 Å². The topological polar surface area (TPSA) is 63.1 Å². The van der Waals surface area contributed by atoms with Crippen molar-refractivity contribution in [1.29, 1.82) is 0 Å². The minimum Gasteiger partial charge on any atom is -0.372 e. The third-order valence-corrected chi connectivity index (χ3v) is 3.91. The van der Waals surface area contributed by atoms with Crippen molar-refractivity contribution in [2.75, 3.05) is 23.3 Å². The average molecular weight is 323 g/mol. The summed E-state index contributed by atoms with van der Waals surface area (Å²) < 4.78 is 0. The van der Waals surface area contributed by atoms with E-state index < -0.39 is 0 Å². The normalized spacial score (nSPS) is 10.8. The van der Waals surface area contributed by atoms with Crippen molar-refractivity contribution in [2.24, 2.45) is 0 Å². The van der Waals surface area contributed by atoms with Gasteiger partial charge >= 0.3 is 0 Å². The van der Waals surface area contributed by atoms with E-state index in [1.54, 1.807) is 4.80 Å². The average Bonchev–Trinajstić information content (AvgIpc) is 2.99. The van der Waals surface area contributed by atoms with E-state index in [2.05, 4.69) is 46.4 Å². The third-order valence-electron chi connectivity index (χ3n) is 3.91. The number of carbonyl (C=O) groups is 1. The van der Waals surface area contributed by atoms with E-state index >= 15 is 0 Å². The van der Waals surface area contributed by atoms with Gasteiger partial charge in [0, 0.05) is 31.4 Å². The Morgan fingerprint density at radius 1 is 1.04 bits per heavy atom. The molecule has 0 unspecified atom stereocenters. The van der Waals surface area contributed by atoms with Gasteiger partial charge in [-0.3, -0.25) is 4.79 Å². The summed E-state index contributed by atoms with van der Waals surface area (Å²) in [6, 6.07) is 13.7. The van der Waals surface area contributed by atoms with Gasteiger partial charge in [-0.2, -0.15) is 4.80 Å². The van der Waals surface area contributed by atoms with Gasteiger partial charge < -0.3 is 10.2 Å². The van der Waals surface area contributed by atoms with E-state index in [4.69, 9.17) is 0 Å². The fraction of sp³-hybridized carbons (Fsp3) is 0.278. The molecule has 0 spiro atoms. The van der Waals surface area contributed by atoms with Gasteiger partial charge in [-0.1, -0.05) is 0 Å². The maximum absolute atomic E-state index is 11.2. The highest BCUT2D eigenvalue weighted by Crippen LogP contribution is 2.20. The quantitative estimate of drug-likeness (QED) is 0.783. The minimum atomic E-state index is -0.103. The van der Waals surface area contributed by atoms with Crippen LogP contribution in [0.15, 0.2) is 42.5 Å². The highest BCUT2D eigenvalue weighted by Gasteiger charge is 2.07. The molecule has 0 aliphatic carbocycles. The van der Waals surface area contributed by atoms with Crippen LogP contribution in [0.1, 0.15) is 20.8 Å². The minimum absolute atomic E-state index is 0.103. The molecule has 0 atom stereocenters. The Bertz CT molecular complexity index is 849. The number of nitrogens with one attached hydrogen (secondary N) is 1. The molecular weight excluding hydrogens is 302 g/mol. The zero-order chi connectivity index (χ0) is 17.1. The van der Waals surface area contributed by atoms with Gasteiger partial charge in [0.1, 0.15) is 11.0 Å². The van der Waals surface area contributed by atoms with E-state index in [-0.39, 0.29) is 5.91 Å². The molecule has 124 valence electrons. The highest BCUT2D eigenvalue weighted by molar-refractivity contribution is 5.91. The summed E-state index contributed by atoms with van der Waals surface area (Å²) in [6.07, 6.45) is 0. The Hall–Kier alpha value is -2.89. The summed E-state index contributed by atoms with van der Waals surface area (Å²) in [6.45, 7) is 7.73. The van der Waals surface area contributed by atoms with E-state index in [9.17, 15) is 4.79 Å². The molecule has 0 bridgehead atoms. The van der Waals surface area contributed by atoms with Crippen LogP contribution in [0, 0.1) is 0 Å². The van der Waals surface area contributed by atoms with E-state index in [0.29, 0.717) is 0 Å². The van der Waals surface area contributed by atoms with Gasteiger partial charge in [-0.25, -0.2) is 0 Å². The molecule has 3 aromatic rings. The van der Waals surface area contributed by atoms with Crippen LogP contribution in [0.2, 0.25) is 0 Å². The first-order valence-corrected chi connectivity index (χ1v) is 8.10. The van der Waals surface area contributed by atoms with Gasteiger partial charge in [0.2, 0.25) is 5.91 Å². The van der Waals surface area contributed by atoms with Crippen molar-refractivity contribution in [3.63, 3.8) is 0 Å². The number of fused-ring (bicyclic) bond motifs is 1. The number of amides is 1. The van der Waals surface area contributed by atoms with Crippen molar-refractivity contribution < 1.29 is 4.79 Å². The predicted molar refractivity (Wildman–Crippen MR) is 96.7 cm³/mol. The fourth-order valence-electron chi connectivity index (χ4n) is 2.70. The molecule has 1 amide bonds. The standard InChI is InChI=1S/C18H21N5O/c1-4-22(5-2)15-7-9-16(10-8-15)23-20-17-11-6-14(19-13(3)24)12-18(17)21-23/h6-12H,4-5H2,1-3H3,(H,19,24). The number of rotatable bonds is 5. The van der Waals surface area contributed by atoms with Crippen LogP contribution in [0.4, 0.5) is 11.4 Å². The molecular formula is C18H21N5O.